The minimum Gasteiger partial charge on any atom is -0.378 e. The van der Waals surface area contributed by atoms with Crippen LogP contribution in [0.4, 0.5) is 15.8 Å². The van der Waals surface area contributed by atoms with Crippen LogP contribution in [0, 0.1) is 5.82 Å². The van der Waals surface area contributed by atoms with E-state index in [1.807, 2.05) is 43.3 Å². The molecule has 128 valence electrons. The summed E-state index contributed by atoms with van der Waals surface area (Å²) in [5.41, 5.74) is 2.39. The summed E-state index contributed by atoms with van der Waals surface area (Å²) in [7, 11) is 3.92. The second kappa shape index (κ2) is 7.08. The van der Waals surface area contributed by atoms with Crippen LogP contribution in [0.15, 0.2) is 48.5 Å². The molecular formula is C17H17FN6O. The van der Waals surface area contributed by atoms with Crippen molar-refractivity contribution in [1.82, 2.24) is 20.2 Å². The molecule has 0 spiro atoms. The van der Waals surface area contributed by atoms with Gasteiger partial charge in [-0.25, -0.2) is 4.39 Å². The van der Waals surface area contributed by atoms with Gasteiger partial charge in [-0.2, -0.15) is 4.80 Å². The highest BCUT2D eigenvalue weighted by molar-refractivity contribution is 5.90. The Kier molecular flexibility index (Phi) is 4.69. The lowest BCUT2D eigenvalue weighted by Gasteiger charge is -2.11. The van der Waals surface area contributed by atoms with Gasteiger partial charge in [-0.05, 0) is 53.7 Å². The van der Waals surface area contributed by atoms with Gasteiger partial charge in [-0.1, -0.05) is 0 Å². The van der Waals surface area contributed by atoms with Gasteiger partial charge >= 0.3 is 0 Å². The quantitative estimate of drug-likeness (QED) is 0.770. The number of nitrogens with zero attached hydrogens (tertiary/aromatic N) is 5. The molecule has 1 aromatic heterocycles. The van der Waals surface area contributed by atoms with Gasteiger partial charge in [0.25, 0.3) is 0 Å². The van der Waals surface area contributed by atoms with Crippen LogP contribution in [0.25, 0.3) is 11.4 Å². The lowest BCUT2D eigenvalue weighted by molar-refractivity contribution is -0.117. The second-order valence-corrected chi connectivity index (χ2v) is 5.64. The van der Waals surface area contributed by atoms with E-state index < -0.39 is 0 Å². The van der Waals surface area contributed by atoms with Crippen LogP contribution in [0.3, 0.4) is 0 Å². The van der Waals surface area contributed by atoms with Gasteiger partial charge in [-0.3, -0.25) is 4.79 Å². The summed E-state index contributed by atoms with van der Waals surface area (Å²) >= 11 is 0. The van der Waals surface area contributed by atoms with E-state index in [2.05, 4.69) is 20.7 Å². The minimum absolute atomic E-state index is 0.0832. The van der Waals surface area contributed by atoms with E-state index >= 15 is 0 Å². The number of hydrogen-bond donors (Lipinski definition) is 1. The summed E-state index contributed by atoms with van der Waals surface area (Å²) in [6.07, 6.45) is 0. The molecule has 0 saturated heterocycles. The number of benzene rings is 2. The summed E-state index contributed by atoms with van der Waals surface area (Å²) < 4.78 is 12.9. The number of tetrazole rings is 1. The number of nitrogens with one attached hydrogen (secondary N) is 1. The Morgan fingerprint density at radius 3 is 2.44 bits per heavy atom. The lowest BCUT2D eigenvalue weighted by atomic mass is 10.2. The Morgan fingerprint density at radius 1 is 1.12 bits per heavy atom. The van der Waals surface area contributed by atoms with E-state index in [-0.39, 0.29) is 18.3 Å². The SMILES string of the molecule is CN(C)c1ccc(-c2nnn(CC(=O)Nc3ccc(F)cc3)n2)cc1. The third-order valence-corrected chi connectivity index (χ3v) is 3.51. The lowest BCUT2D eigenvalue weighted by Crippen LogP contribution is -2.20. The van der Waals surface area contributed by atoms with E-state index in [0.29, 0.717) is 11.5 Å². The average Bonchev–Trinajstić information content (AvgIpc) is 3.05. The van der Waals surface area contributed by atoms with Crippen molar-refractivity contribution >= 4 is 17.3 Å². The molecule has 0 radical (unpaired) electrons. The molecule has 25 heavy (non-hydrogen) atoms. The molecule has 1 amide bonds. The van der Waals surface area contributed by atoms with Crippen LogP contribution < -0.4 is 10.2 Å². The number of amides is 1. The van der Waals surface area contributed by atoms with E-state index in [0.717, 1.165) is 11.3 Å². The van der Waals surface area contributed by atoms with Gasteiger partial charge in [0.15, 0.2) is 0 Å². The van der Waals surface area contributed by atoms with Crippen molar-refractivity contribution in [2.75, 3.05) is 24.3 Å². The summed E-state index contributed by atoms with van der Waals surface area (Å²) in [6, 6.07) is 13.2. The van der Waals surface area contributed by atoms with Crippen LogP contribution >= 0.6 is 0 Å². The van der Waals surface area contributed by atoms with Gasteiger partial charge in [0, 0.05) is 31.0 Å². The first-order valence-corrected chi connectivity index (χ1v) is 7.62. The first-order chi connectivity index (χ1) is 12.0. The Morgan fingerprint density at radius 2 is 1.80 bits per heavy atom. The number of carbonyl (C=O) groups is 1. The molecule has 3 aromatic rings. The van der Waals surface area contributed by atoms with Crippen molar-refractivity contribution < 1.29 is 9.18 Å². The first kappa shape index (κ1) is 16.6. The zero-order valence-corrected chi connectivity index (χ0v) is 13.8. The number of rotatable bonds is 5. The highest BCUT2D eigenvalue weighted by Crippen LogP contribution is 2.18. The van der Waals surface area contributed by atoms with Gasteiger partial charge in [-0.15, -0.1) is 10.2 Å². The fourth-order valence-electron chi connectivity index (χ4n) is 2.20. The molecule has 0 saturated carbocycles. The molecule has 0 aliphatic carbocycles. The first-order valence-electron chi connectivity index (χ1n) is 7.62. The molecule has 1 N–H and O–H groups in total. The zero-order valence-electron chi connectivity index (χ0n) is 13.8. The fraction of sp³-hybridized carbons (Fsp3) is 0.176. The summed E-state index contributed by atoms with van der Waals surface area (Å²) in [5.74, 6) is -0.237. The molecule has 0 bridgehead atoms. The number of halogens is 1. The van der Waals surface area contributed by atoms with Crippen LogP contribution in [-0.2, 0) is 11.3 Å². The van der Waals surface area contributed by atoms with Crippen molar-refractivity contribution in [3.63, 3.8) is 0 Å². The predicted molar refractivity (Wildman–Crippen MR) is 92.6 cm³/mol. The normalized spacial score (nSPS) is 10.5. The zero-order chi connectivity index (χ0) is 17.8. The Balaban J connectivity index is 1.64. The third-order valence-electron chi connectivity index (χ3n) is 3.51. The highest BCUT2D eigenvalue weighted by atomic mass is 19.1. The average molecular weight is 340 g/mol. The van der Waals surface area contributed by atoms with E-state index in [1.54, 1.807) is 0 Å². The van der Waals surface area contributed by atoms with Crippen molar-refractivity contribution in [2.24, 2.45) is 0 Å². The van der Waals surface area contributed by atoms with Crippen LogP contribution in [0.2, 0.25) is 0 Å². The van der Waals surface area contributed by atoms with Crippen molar-refractivity contribution in [3.05, 3.63) is 54.3 Å². The Bertz CT molecular complexity index is 858. The van der Waals surface area contributed by atoms with Gasteiger partial charge in [0.1, 0.15) is 12.4 Å². The molecule has 0 fully saturated rings. The maximum atomic E-state index is 12.9. The van der Waals surface area contributed by atoms with Crippen LogP contribution in [0.5, 0.6) is 0 Å². The molecule has 1 heterocycles. The van der Waals surface area contributed by atoms with Gasteiger partial charge in [0.05, 0.1) is 0 Å². The van der Waals surface area contributed by atoms with Gasteiger partial charge < -0.3 is 10.2 Å². The van der Waals surface area contributed by atoms with Crippen LogP contribution in [0.1, 0.15) is 0 Å². The molecular weight excluding hydrogens is 323 g/mol. The molecule has 0 aliphatic heterocycles. The number of carbonyl (C=O) groups excluding carboxylic acids is 1. The summed E-state index contributed by atoms with van der Waals surface area (Å²) in [6.45, 7) is -0.0832. The molecule has 0 aliphatic rings. The molecule has 3 rings (SSSR count). The van der Waals surface area contributed by atoms with E-state index in [1.165, 1.54) is 29.1 Å². The van der Waals surface area contributed by atoms with Gasteiger partial charge in [0.2, 0.25) is 11.7 Å². The van der Waals surface area contributed by atoms with Crippen molar-refractivity contribution in [2.45, 2.75) is 6.54 Å². The Labute approximate surface area is 144 Å². The Hall–Kier alpha value is -3.29. The second-order valence-electron chi connectivity index (χ2n) is 5.64. The maximum absolute atomic E-state index is 12.9. The number of aromatic nitrogens is 4. The van der Waals surface area contributed by atoms with E-state index in [4.69, 9.17) is 0 Å². The molecule has 0 unspecified atom stereocenters. The van der Waals surface area contributed by atoms with Crippen LogP contribution in [-0.4, -0.2) is 40.2 Å². The molecule has 7 nitrogen and oxygen atoms in total. The molecule has 8 heteroatoms. The van der Waals surface area contributed by atoms with Crippen molar-refractivity contribution in [1.29, 1.82) is 0 Å². The number of anilines is 2. The monoisotopic (exact) mass is 340 g/mol. The maximum Gasteiger partial charge on any atom is 0.248 e. The third kappa shape index (κ3) is 4.17. The number of hydrogen-bond acceptors (Lipinski definition) is 5. The smallest absolute Gasteiger partial charge is 0.248 e. The van der Waals surface area contributed by atoms with Crippen molar-refractivity contribution in [3.8, 4) is 11.4 Å². The van der Waals surface area contributed by atoms with E-state index in [9.17, 15) is 9.18 Å². The topological polar surface area (TPSA) is 75.9 Å². The highest BCUT2D eigenvalue weighted by Gasteiger charge is 2.10. The molecule has 0 atom stereocenters. The fourth-order valence-corrected chi connectivity index (χ4v) is 2.20. The predicted octanol–water partition coefficient (Wildman–Crippen LogP) is 2.18. The largest absolute Gasteiger partial charge is 0.378 e. The standard InChI is InChI=1S/C17H17FN6O/c1-23(2)15-9-3-12(4-10-15)17-20-22-24(21-17)11-16(25)19-14-7-5-13(18)6-8-14/h3-10H,11H2,1-2H3,(H,19,25). The minimum atomic E-state index is -0.360. The summed E-state index contributed by atoms with van der Waals surface area (Å²) in [5, 5.41) is 14.7. The molecule has 2 aromatic carbocycles. The summed E-state index contributed by atoms with van der Waals surface area (Å²) in [4.78, 5) is 15.2.